The molecule has 0 spiro atoms. The second-order valence-electron chi connectivity index (χ2n) is 11.4. The molecule has 0 amide bonds. The molecule has 0 bridgehead atoms. The van der Waals surface area contributed by atoms with E-state index in [9.17, 15) is 9.90 Å². The largest absolute Gasteiger partial charge is 0.466 e. The maximum absolute atomic E-state index is 13.3. The molecule has 6 heteroatoms. The Labute approximate surface area is 214 Å². The van der Waals surface area contributed by atoms with E-state index in [1.165, 1.54) is 7.11 Å². The van der Waals surface area contributed by atoms with Gasteiger partial charge in [-0.05, 0) is 78.6 Å². The molecule has 1 fully saturated rings. The molecule has 3 aliphatic rings. The average Bonchev–Trinajstić information content (AvgIpc) is 3.02. The number of aliphatic hydroxyl groups excluding tert-OH is 1. The van der Waals surface area contributed by atoms with Crippen molar-refractivity contribution in [2.24, 2.45) is 17.3 Å². The van der Waals surface area contributed by atoms with Gasteiger partial charge in [-0.15, -0.1) is 6.58 Å². The summed E-state index contributed by atoms with van der Waals surface area (Å²) in [6.07, 6.45) is 7.06. The van der Waals surface area contributed by atoms with Crippen LogP contribution in [-0.4, -0.2) is 50.9 Å². The van der Waals surface area contributed by atoms with Crippen molar-refractivity contribution in [2.75, 3.05) is 13.7 Å². The van der Waals surface area contributed by atoms with Gasteiger partial charge in [0.1, 0.15) is 0 Å². The molecule has 0 aromatic heterocycles. The topological polar surface area (TPSA) is 65.0 Å². The standard InChI is InChI=1S/C29H48O5Si/c1-9-17-33-25-13-14-29(34-35(10-2,11-3)12-4)16-15-28(7)21(20(5)6)19-24(30)22(28)18-23(29)26(25)27(31)32-8/h9,18,20-21,24-25,30H,1,10-17,19H2,2-8H3/t21-,24+,25+,28-,29-/m1/s1. The number of aliphatic hydroxyl groups is 1. The molecule has 3 rings (SSSR count). The van der Waals surface area contributed by atoms with Crippen LogP contribution in [0.1, 0.15) is 73.6 Å². The summed E-state index contributed by atoms with van der Waals surface area (Å²) in [7, 11) is -0.580. The third kappa shape index (κ3) is 5.01. The van der Waals surface area contributed by atoms with Crippen molar-refractivity contribution in [2.45, 2.75) is 110 Å². The van der Waals surface area contributed by atoms with E-state index in [-0.39, 0.29) is 17.5 Å². The number of fused-ring (bicyclic) bond motifs is 2. The van der Waals surface area contributed by atoms with Crippen LogP contribution in [0, 0.1) is 17.3 Å². The van der Waals surface area contributed by atoms with Crippen molar-refractivity contribution in [3.05, 3.63) is 35.5 Å². The van der Waals surface area contributed by atoms with E-state index < -0.39 is 20.0 Å². The first-order valence-electron chi connectivity index (χ1n) is 13.7. The van der Waals surface area contributed by atoms with E-state index in [1.54, 1.807) is 6.08 Å². The van der Waals surface area contributed by atoms with Crippen molar-refractivity contribution >= 4 is 14.3 Å². The van der Waals surface area contributed by atoms with Crippen molar-refractivity contribution in [1.29, 1.82) is 0 Å². The van der Waals surface area contributed by atoms with E-state index in [0.29, 0.717) is 30.4 Å². The molecular weight excluding hydrogens is 456 g/mol. The first-order chi connectivity index (χ1) is 16.6. The third-order valence-electron chi connectivity index (χ3n) is 9.55. The quantitative estimate of drug-likeness (QED) is 0.213. The van der Waals surface area contributed by atoms with Gasteiger partial charge in [-0.25, -0.2) is 4.79 Å². The van der Waals surface area contributed by atoms with Crippen molar-refractivity contribution in [3.8, 4) is 0 Å². The number of carbonyl (C=O) groups excluding carboxylic acids is 1. The van der Waals surface area contributed by atoms with Gasteiger partial charge >= 0.3 is 5.97 Å². The van der Waals surface area contributed by atoms with Gasteiger partial charge in [0, 0.05) is 0 Å². The molecule has 3 aliphatic carbocycles. The molecule has 0 saturated heterocycles. The fourth-order valence-electron chi connectivity index (χ4n) is 7.21. The Morgan fingerprint density at radius 1 is 1.23 bits per heavy atom. The molecule has 0 aromatic rings. The number of carbonyl (C=O) groups is 1. The third-order valence-corrected chi connectivity index (χ3v) is 14.2. The Bertz CT molecular complexity index is 849. The highest BCUT2D eigenvalue weighted by atomic mass is 28.4. The van der Waals surface area contributed by atoms with Gasteiger partial charge in [-0.2, -0.15) is 0 Å². The maximum Gasteiger partial charge on any atom is 0.336 e. The SMILES string of the molecule is C=CCO[C@H]1CC[C@@]2(O[Si](CC)(CC)CC)CC[C@@]3(C)C(=CC2=C1C(=O)OC)[C@@H](O)C[C@@H]3C(C)C. The second kappa shape index (κ2) is 11.0. The van der Waals surface area contributed by atoms with E-state index in [1.807, 2.05) is 0 Å². The minimum Gasteiger partial charge on any atom is -0.466 e. The van der Waals surface area contributed by atoms with Crippen LogP contribution in [0.15, 0.2) is 35.5 Å². The average molecular weight is 505 g/mol. The summed E-state index contributed by atoms with van der Waals surface area (Å²) >= 11 is 0. The second-order valence-corrected chi connectivity index (χ2v) is 16.1. The number of hydrogen-bond acceptors (Lipinski definition) is 5. The zero-order chi connectivity index (χ0) is 26.0. The van der Waals surface area contributed by atoms with Crippen LogP contribution in [0.5, 0.6) is 0 Å². The monoisotopic (exact) mass is 504 g/mol. The molecular formula is C29H48O5Si. The lowest BCUT2D eigenvalue weighted by Crippen LogP contribution is -2.51. The molecule has 1 saturated carbocycles. The first-order valence-corrected chi connectivity index (χ1v) is 16.3. The normalized spacial score (nSPS) is 33.2. The molecule has 0 aliphatic heterocycles. The Hall–Kier alpha value is -1.21. The van der Waals surface area contributed by atoms with Gasteiger partial charge < -0.3 is 19.0 Å². The van der Waals surface area contributed by atoms with E-state index >= 15 is 0 Å². The highest BCUT2D eigenvalue weighted by Gasteiger charge is 2.56. The van der Waals surface area contributed by atoms with Crippen molar-refractivity contribution in [3.63, 3.8) is 0 Å². The maximum atomic E-state index is 13.3. The molecule has 5 nitrogen and oxygen atoms in total. The molecule has 198 valence electrons. The minimum atomic E-state index is -2.02. The summed E-state index contributed by atoms with van der Waals surface area (Å²) in [5.74, 6) is 0.499. The van der Waals surface area contributed by atoms with Crippen LogP contribution in [0.2, 0.25) is 18.1 Å². The zero-order valence-corrected chi connectivity index (χ0v) is 24.1. The molecule has 1 N–H and O–H groups in total. The van der Waals surface area contributed by atoms with Crippen LogP contribution < -0.4 is 0 Å². The van der Waals surface area contributed by atoms with Crippen molar-refractivity contribution in [1.82, 2.24) is 0 Å². The molecule has 35 heavy (non-hydrogen) atoms. The van der Waals surface area contributed by atoms with Crippen LogP contribution in [-0.2, 0) is 18.7 Å². The van der Waals surface area contributed by atoms with Crippen molar-refractivity contribution < 1.29 is 23.8 Å². The van der Waals surface area contributed by atoms with Gasteiger partial charge in [0.05, 0.1) is 37.1 Å². The van der Waals surface area contributed by atoms with Crippen LogP contribution >= 0.6 is 0 Å². The van der Waals surface area contributed by atoms with Gasteiger partial charge in [-0.3, -0.25) is 0 Å². The summed E-state index contributed by atoms with van der Waals surface area (Å²) in [6, 6.07) is 3.14. The summed E-state index contributed by atoms with van der Waals surface area (Å²) in [5, 5.41) is 11.3. The highest BCUT2D eigenvalue weighted by molar-refractivity contribution is 6.73. The van der Waals surface area contributed by atoms with Crippen LogP contribution in [0.4, 0.5) is 0 Å². The summed E-state index contributed by atoms with van der Waals surface area (Å²) < 4.78 is 18.8. The lowest BCUT2D eigenvalue weighted by molar-refractivity contribution is -0.138. The smallest absolute Gasteiger partial charge is 0.336 e. The van der Waals surface area contributed by atoms with Gasteiger partial charge in [0.2, 0.25) is 0 Å². The lowest BCUT2D eigenvalue weighted by atomic mass is 9.68. The lowest BCUT2D eigenvalue weighted by Gasteiger charge is -2.48. The number of rotatable bonds is 10. The predicted octanol–water partition coefficient (Wildman–Crippen LogP) is 6.34. The first kappa shape index (κ1) is 28.4. The zero-order valence-electron chi connectivity index (χ0n) is 23.1. The van der Waals surface area contributed by atoms with Gasteiger partial charge in [0.15, 0.2) is 8.32 Å². The number of esters is 1. The fourth-order valence-corrected chi connectivity index (χ4v) is 10.3. The Kier molecular flexibility index (Phi) is 8.94. The molecule has 0 unspecified atom stereocenters. The number of hydrogen-bond donors (Lipinski definition) is 1. The summed E-state index contributed by atoms with van der Waals surface area (Å²) in [6.45, 7) is 17.8. The van der Waals surface area contributed by atoms with E-state index in [0.717, 1.165) is 55.0 Å². The van der Waals surface area contributed by atoms with E-state index in [4.69, 9.17) is 13.9 Å². The Morgan fingerprint density at radius 3 is 2.43 bits per heavy atom. The fraction of sp³-hybridized carbons (Fsp3) is 0.759. The summed E-state index contributed by atoms with van der Waals surface area (Å²) in [4.78, 5) is 13.3. The molecule has 5 atom stereocenters. The van der Waals surface area contributed by atoms with E-state index in [2.05, 4.69) is 54.2 Å². The molecule has 0 heterocycles. The van der Waals surface area contributed by atoms with Crippen LogP contribution in [0.25, 0.3) is 0 Å². The Morgan fingerprint density at radius 2 is 1.89 bits per heavy atom. The molecule has 0 radical (unpaired) electrons. The predicted molar refractivity (Wildman–Crippen MR) is 144 cm³/mol. The van der Waals surface area contributed by atoms with Gasteiger partial charge in [0.25, 0.3) is 0 Å². The molecule has 0 aromatic carbocycles. The van der Waals surface area contributed by atoms with Gasteiger partial charge in [-0.1, -0.05) is 53.7 Å². The highest BCUT2D eigenvalue weighted by Crippen LogP contribution is 2.59. The number of ether oxygens (including phenoxy) is 2. The minimum absolute atomic E-state index is 0.123. The Balaban J connectivity index is 2.29. The number of methoxy groups -OCH3 is 1. The summed E-state index contributed by atoms with van der Waals surface area (Å²) in [5.41, 5.74) is 1.86. The van der Waals surface area contributed by atoms with Crippen LogP contribution in [0.3, 0.4) is 0 Å².